The van der Waals surface area contributed by atoms with E-state index in [9.17, 15) is 13.2 Å². The fourth-order valence-corrected chi connectivity index (χ4v) is 4.78. The minimum Gasteiger partial charge on any atom is -0.349 e. The van der Waals surface area contributed by atoms with E-state index < -0.39 is 10.0 Å². The first kappa shape index (κ1) is 20.7. The average molecular weight is 421 g/mol. The maximum atomic E-state index is 12.6. The van der Waals surface area contributed by atoms with Gasteiger partial charge < -0.3 is 5.32 Å². The average Bonchev–Trinajstić information content (AvgIpc) is 2.64. The molecule has 1 aliphatic carbocycles. The maximum absolute atomic E-state index is 12.6. The van der Waals surface area contributed by atoms with Crippen molar-refractivity contribution in [3.05, 3.63) is 59.1 Å². The molecular weight excluding hydrogens is 396 g/mol. The first-order valence-corrected chi connectivity index (χ1v) is 11.5. The lowest BCUT2D eigenvalue weighted by atomic mass is 9.96. The van der Waals surface area contributed by atoms with E-state index in [-0.39, 0.29) is 21.9 Å². The van der Waals surface area contributed by atoms with Crippen molar-refractivity contribution in [2.75, 3.05) is 4.72 Å². The SMILES string of the molecule is O=C(NC1CCCCCCC1)c1ccc(NS(=O)(=O)c2ccccc2)cc1Cl. The monoisotopic (exact) mass is 420 g/mol. The summed E-state index contributed by atoms with van der Waals surface area (Å²) in [4.78, 5) is 12.8. The van der Waals surface area contributed by atoms with E-state index in [0.717, 1.165) is 25.7 Å². The zero-order valence-corrected chi connectivity index (χ0v) is 17.2. The third kappa shape index (κ3) is 5.49. The van der Waals surface area contributed by atoms with E-state index in [2.05, 4.69) is 10.0 Å². The van der Waals surface area contributed by atoms with Crippen LogP contribution in [0, 0.1) is 0 Å². The van der Waals surface area contributed by atoms with Crippen LogP contribution < -0.4 is 10.0 Å². The molecule has 28 heavy (non-hydrogen) atoms. The largest absolute Gasteiger partial charge is 0.349 e. The van der Waals surface area contributed by atoms with E-state index in [4.69, 9.17) is 11.6 Å². The van der Waals surface area contributed by atoms with Crippen molar-refractivity contribution in [1.82, 2.24) is 5.32 Å². The summed E-state index contributed by atoms with van der Waals surface area (Å²) in [6, 6.07) is 12.8. The van der Waals surface area contributed by atoms with Gasteiger partial charge in [-0.15, -0.1) is 0 Å². The standard InChI is InChI=1S/C21H25ClN2O3S/c22-20-15-17(24-28(26,27)18-11-7-4-8-12-18)13-14-19(20)21(25)23-16-9-5-2-1-3-6-10-16/h4,7-8,11-16,24H,1-3,5-6,9-10H2,(H,23,25). The van der Waals surface area contributed by atoms with Crippen molar-refractivity contribution >= 4 is 33.2 Å². The lowest BCUT2D eigenvalue weighted by Crippen LogP contribution is -2.35. The van der Waals surface area contributed by atoms with Gasteiger partial charge in [-0.2, -0.15) is 0 Å². The van der Waals surface area contributed by atoms with Crippen LogP contribution in [0.3, 0.4) is 0 Å². The zero-order valence-electron chi connectivity index (χ0n) is 15.7. The van der Waals surface area contributed by atoms with E-state index in [1.165, 1.54) is 37.5 Å². The molecule has 0 aliphatic heterocycles. The Labute approximate surface area is 171 Å². The van der Waals surface area contributed by atoms with E-state index in [1.807, 2.05) is 0 Å². The highest BCUT2D eigenvalue weighted by Crippen LogP contribution is 2.24. The summed E-state index contributed by atoms with van der Waals surface area (Å²) in [6.07, 6.45) is 7.91. The van der Waals surface area contributed by atoms with Gasteiger partial charge in [0.15, 0.2) is 0 Å². The molecule has 0 atom stereocenters. The van der Waals surface area contributed by atoms with E-state index >= 15 is 0 Å². The van der Waals surface area contributed by atoms with Crippen LogP contribution in [-0.2, 0) is 10.0 Å². The summed E-state index contributed by atoms with van der Waals surface area (Å²) in [5.74, 6) is -0.215. The smallest absolute Gasteiger partial charge is 0.261 e. The van der Waals surface area contributed by atoms with Gasteiger partial charge in [0, 0.05) is 6.04 Å². The highest BCUT2D eigenvalue weighted by atomic mass is 35.5. The molecule has 7 heteroatoms. The van der Waals surface area contributed by atoms with Crippen molar-refractivity contribution in [3.63, 3.8) is 0 Å². The van der Waals surface area contributed by atoms with Crippen LogP contribution in [0.25, 0.3) is 0 Å². The van der Waals surface area contributed by atoms with Crippen LogP contribution in [0.2, 0.25) is 5.02 Å². The van der Waals surface area contributed by atoms with Gasteiger partial charge in [0.25, 0.3) is 15.9 Å². The predicted molar refractivity (Wildman–Crippen MR) is 112 cm³/mol. The van der Waals surface area contributed by atoms with Crippen molar-refractivity contribution in [2.24, 2.45) is 0 Å². The van der Waals surface area contributed by atoms with Crippen LogP contribution in [0.15, 0.2) is 53.4 Å². The summed E-state index contributed by atoms with van der Waals surface area (Å²) >= 11 is 6.28. The third-order valence-electron chi connectivity index (χ3n) is 4.96. The number of benzene rings is 2. The molecule has 3 rings (SSSR count). The highest BCUT2D eigenvalue weighted by Gasteiger charge is 2.19. The number of carbonyl (C=O) groups is 1. The number of rotatable bonds is 5. The molecule has 1 fully saturated rings. The number of hydrogen-bond acceptors (Lipinski definition) is 3. The number of nitrogens with one attached hydrogen (secondary N) is 2. The first-order valence-electron chi connectivity index (χ1n) is 9.64. The summed E-state index contributed by atoms with van der Waals surface area (Å²) in [5.41, 5.74) is 0.669. The fourth-order valence-electron chi connectivity index (χ4n) is 3.44. The fraction of sp³-hybridized carbons (Fsp3) is 0.381. The first-order chi connectivity index (χ1) is 13.5. The zero-order chi connectivity index (χ0) is 20.0. The Morgan fingerprint density at radius 1 is 0.929 bits per heavy atom. The molecule has 0 unspecified atom stereocenters. The van der Waals surface area contributed by atoms with Gasteiger partial charge in [0.1, 0.15) is 0 Å². The maximum Gasteiger partial charge on any atom is 0.261 e. The van der Waals surface area contributed by atoms with Gasteiger partial charge >= 0.3 is 0 Å². The molecule has 0 aromatic heterocycles. The molecule has 1 aliphatic rings. The Hall–Kier alpha value is -2.05. The Morgan fingerprint density at radius 2 is 1.57 bits per heavy atom. The summed E-state index contributed by atoms with van der Waals surface area (Å²) in [7, 11) is -3.70. The molecule has 0 spiro atoms. The number of sulfonamides is 1. The Morgan fingerprint density at radius 3 is 2.21 bits per heavy atom. The number of halogens is 1. The second-order valence-electron chi connectivity index (χ2n) is 7.13. The van der Waals surface area contributed by atoms with Crippen molar-refractivity contribution in [1.29, 1.82) is 0 Å². The molecule has 2 aromatic rings. The molecule has 2 N–H and O–H groups in total. The minimum absolute atomic E-state index is 0.164. The molecule has 5 nitrogen and oxygen atoms in total. The highest BCUT2D eigenvalue weighted by molar-refractivity contribution is 7.92. The Balaban J connectivity index is 1.68. The van der Waals surface area contributed by atoms with Crippen LogP contribution in [0.4, 0.5) is 5.69 Å². The lowest BCUT2D eigenvalue weighted by Gasteiger charge is -2.21. The van der Waals surface area contributed by atoms with Gasteiger partial charge in [-0.25, -0.2) is 8.42 Å². The van der Waals surface area contributed by atoms with E-state index in [0.29, 0.717) is 11.3 Å². The molecule has 2 aromatic carbocycles. The van der Waals surface area contributed by atoms with Gasteiger partial charge in [0.2, 0.25) is 0 Å². The van der Waals surface area contributed by atoms with Crippen LogP contribution in [-0.4, -0.2) is 20.4 Å². The van der Waals surface area contributed by atoms with Gasteiger partial charge in [-0.1, -0.05) is 61.9 Å². The van der Waals surface area contributed by atoms with Crippen molar-refractivity contribution < 1.29 is 13.2 Å². The normalized spacial score (nSPS) is 16.0. The van der Waals surface area contributed by atoms with Crippen LogP contribution in [0.1, 0.15) is 55.3 Å². The third-order valence-corrected chi connectivity index (χ3v) is 6.67. The molecule has 0 heterocycles. The molecule has 0 radical (unpaired) electrons. The molecular formula is C21H25ClN2O3S. The van der Waals surface area contributed by atoms with Crippen LogP contribution >= 0.6 is 11.6 Å². The Bertz CT molecular complexity index is 909. The predicted octanol–water partition coefficient (Wildman–Crippen LogP) is 4.98. The number of anilines is 1. The topological polar surface area (TPSA) is 75.3 Å². The summed E-state index contributed by atoms with van der Waals surface area (Å²) in [6.45, 7) is 0. The van der Waals surface area contributed by atoms with E-state index in [1.54, 1.807) is 30.3 Å². The molecule has 0 saturated heterocycles. The Kier molecular flexibility index (Phi) is 6.97. The van der Waals surface area contributed by atoms with Gasteiger partial charge in [0.05, 0.1) is 21.2 Å². The molecule has 1 amide bonds. The number of hydrogen-bond donors (Lipinski definition) is 2. The summed E-state index contributed by atoms with van der Waals surface area (Å²) in [5, 5.41) is 3.29. The number of amides is 1. The lowest BCUT2D eigenvalue weighted by molar-refractivity contribution is 0.0930. The quantitative estimate of drug-likeness (QED) is 0.715. The second kappa shape index (κ2) is 9.43. The number of carbonyl (C=O) groups excluding carboxylic acids is 1. The minimum atomic E-state index is -3.70. The van der Waals surface area contributed by atoms with Crippen molar-refractivity contribution in [3.8, 4) is 0 Å². The van der Waals surface area contributed by atoms with Crippen LogP contribution in [0.5, 0.6) is 0 Å². The molecule has 0 bridgehead atoms. The summed E-state index contributed by atoms with van der Waals surface area (Å²) < 4.78 is 27.3. The van der Waals surface area contributed by atoms with Gasteiger partial charge in [-0.3, -0.25) is 9.52 Å². The molecule has 1 saturated carbocycles. The van der Waals surface area contributed by atoms with Crippen molar-refractivity contribution in [2.45, 2.75) is 55.9 Å². The second-order valence-corrected chi connectivity index (χ2v) is 9.22. The molecule has 150 valence electrons. The van der Waals surface area contributed by atoms with Gasteiger partial charge in [-0.05, 0) is 43.2 Å².